The van der Waals surface area contributed by atoms with Crippen molar-refractivity contribution in [3.05, 3.63) is 11.6 Å². The van der Waals surface area contributed by atoms with Gasteiger partial charge in [-0.15, -0.1) is 10.2 Å². The smallest absolute Gasteiger partial charge is 0.159 e. The summed E-state index contributed by atoms with van der Waals surface area (Å²) in [6.45, 7) is 0.0240. The van der Waals surface area contributed by atoms with Gasteiger partial charge < -0.3 is 9.67 Å². The standard InChI is InChI=1S/C14H23N3O/c18-10-13-15-16-14(17(13)12-8-9-12)11-6-4-2-1-3-5-7-11/h11-12,18H,1-10H2. The second-order valence-corrected chi connectivity index (χ2v) is 5.78. The molecule has 2 fully saturated rings. The van der Waals surface area contributed by atoms with Crippen molar-refractivity contribution >= 4 is 0 Å². The molecule has 1 N–H and O–H groups in total. The lowest BCUT2D eigenvalue weighted by atomic mass is 9.90. The number of hydrogen-bond acceptors (Lipinski definition) is 3. The van der Waals surface area contributed by atoms with Gasteiger partial charge in [0.25, 0.3) is 0 Å². The minimum absolute atomic E-state index is 0.0240. The Bertz CT molecular complexity index is 390. The zero-order valence-electron chi connectivity index (χ0n) is 11.0. The minimum Gasteiger partial charge on any atom is -0.388 e. The maximum absolute atomic E-state index is 9.38. The van der Waals surface area contributed by atoms with Crippen molar-refractivity contribution in [2.24, 2.45) is 0 Å². The highest BCUT2D eigenvalue weighted by Gasteiger charge is 2.31. The third-order valence-corrected chi connectivity index (χ3v) is 4.32. The van der Waals surface area contributed by atoms with E-state index in [0.717, 1.165) is 11.6 Å². The van der Waals surface area contributed by atoms with Crippen LogP contribution >= 0.6 is 0 Å². The van der Waals surface area contributed by atoms with Crippen molar-refractivity contribution in [3.63, 3.8) is 0 Å². The highest BCUT2D eigenvalue weighted by Crippen LogP contribution is 2.40. The van der Waals surface area contributed by atoms with Crippen molar-refractivity contribution < 1.29 is 5.11 Å². The molecule has 0 aromatic carbocycles. The van der Waals surface area contributed by atoms with Crippen LogP contribution in [0.1, 0.15) is 81.4 Å². The normalized spacial score (nSPS) is 22.7. The van der Waals surface area contributed by atoms with Crippen LogP contribution in [-0.2, 0) is 6.61 Å². The molecule has 2 aliphatic carbocycles. The molecule has 1 aromatic heterocycles. The van der Waals surface area contributed by atoms with Gasteiger partial charge in [-0.1, -0.05) is 32.1 Å². The molecule has 100 valence electrons. The highest BCUT2D eigenvalue weighted by molar-refractivity contribution is 5.07. The van der Waals surface area contributed by atoms with Crippen LogP contribution in [0.3, 0.4) is 0 Å². The number of rotatable bonds is 3. The second kappa shape index (κ2) is 5.39. The van der Waals surface area contributed by atoms with Crippen LogP contribution in [0.25, 0.3) is 0 Å². The Kier molecular flexibility index (Phi) is 3.64. The average Bonchev–Trinajstić information content (AvgIpc) is 3.09. The van der Waals surface area contributed by atoms with Crippen LogP contribution in [0, 0.1) is 0 Å². The van der Waals surface area contributed by atoms with Crippen LogP contribution in [-0.4, -0.2) is 19.9 Å². The second-order valence-electron chi connectivity index (χ2n) is 5.78. The number of nitrogens with zero attached hydrogens (tertiary/aromatic N) is 3. The summed E-state index contributed by atoms with van der Waals surface area (Å²) < 4.78 is 2.24. The number of aliphatic hydroxyl groups excluding tert-OH is 1. The first kappa shape index (κ1) is 12.2. The summed E-state index contributed by atoms with van der Waals surface area (Å²) in [5, 5.41) is 18.0. The minimum atomic E-state index is 0.0240. The first-order chi connectivity index (χ1) is 8.90. The number of hydrogen-bond donors (Lipinski definition) is 1. The fourth-order valence-corrected chi connectivity index (χ4v) is 3.17. The maximum atomic E-state index is 9.38. The fraction of sp³-hybridized carbons (Fsp3) is 0.857. The Labute approximate surface area is 108 Å². The Morgan fingerprint density at radius 1 is 0.944 bits per heavy atom. The van der Waals surface area contributed by atoms with Gasteiger partial charge in [-0.3, -0.25) is 0 Å². The van der Waals surface area contributed by atoms with E-state index < -0.39 is 0 Å². The molecule has 2 aliphatic rings. The molecule has 3 rings (SSSR count). The quantitative estimate of drug-likeness (QED) is 0.896. The maximum Gasteiger partial charge on any atom is 0.159 e. The van der Waals surface area contributed by atoms with Crippen LogP contribution in [0.15, 0.2) is 0 Å². The van der Waals surface area contributed by atoms with Gasteiger partial charge in [-0.05, 0) is 25.7 Å². The van der Waals surface area contributed by atoms with Gasteiger partial charge in [-0.2, -0.15) is 0 Å². The van der Waals surface area contributed by atoms with Gasteiger partial charge in [-0.25, -0.2) is 0 Å². The molecule has 1 aromatic rings. The van der Waals surface area contributed by atoms with Crippen LogP contribution in [0.5, 0.6) is 0 Å². The van der Waals surface area contributed by atoms with Crippen LogP contribution in [0.4, 0.5) is 0 Å². The summed E-state index contributed by atoms with van der Waals surface area (Å²) in [6.07, 6.45) is 11.7. The molecule has 4 nitrogen and oxygen atoms in total. The van der Waals surface area contributed by atoms with E-state index >= 15 is 0 Å². The monoisotopic (exact) mass is 249 g/mol. The van der Waals surface area contributed by atoms with Crippen molar-refractivity contribution in [1.29, 1.82) is 0 Å². The zero-order valence-corrected chi connectivity index (χ0v) is 11.0. The largest absolute Gasteiger partial charge is 0.388 e. The first-order valence-electron chi connectivity index (χ1n) is 7.44. The van der Waals surface area contributed by atoms with E-state index in [2.05, 4.69) is 14.8 Å². The van der Waals surface area contributed by atoms with E-state index in [0.29, 0.717) is 12.0 Å². The molecule has 4 heteroatoms. The molecule has 0 saturated heterocycles. The van der Waals surface area contributed by atoms with Gasteiger partial charge in [0.05, 0.1) is 0 Å². The molecule has 0 spiro atoms. The molecule has 0 radical (unpaired) electrons. The average molecular weight is 249 g/mol. The lowest BCUT2D eigenvalue weighted by Gasteiger charge is -2.20. The molecular weight excluding hydrogens is 226 g/mol. The van der Waals surface area contributed by atoms with E-state index in [1.165, 1.54) is 57.8 Å². The Hall–Kier alpha value is -0.900. The lowest BCUT2D eigenvalue weighted by molar-refractivity contribution is 0.263. The number of aromatic nitrogens is 3. The summed E-state index contributed by atoms with van der Waals surface area (Å²) in [6, 6.07) is 0.572. The van der Waals surface area contributed by atoms with Gasteiger partial charge >= 0.3 is 0 Å². The molecule has 0 unspecified atom stereocenters. The molecule has 0 bridgehead atoms. The molecule has 18 heavy (non-hydrogen) atoms. The molecule has 0 amide bonds. The van der Waals surface area contributed by atoms with Crippen molar-refractivity contribution in [2.45, 2.75) is 76.4 Å². The summed E-state index contributed by atoms with van der Waals surface area (Å²) in [5.74, 6) is 2.50. The zero-order chi connectivity index (χ0) is 12.4. The summed E-state index contributed by atoms with van der Waals surface area (Å²) in [7, 11) is 0. The van der Waals surface area contributed by atoms with Gasteiger partial charge in [0.15, 0.2) is 5.82 Å². The summed E-state index contributed by atoms with van der Waals surface area (Å²) in [4.78, 5) is 0. The van der Waals surface area contributed by atoms with E-state index in [4.69, 9.17) is 0 Å². The van der Waals surface area contributed by atoms with E-state index in [-0.39, 0.29) is 6.61 Å². The molecule has 1 heterocycles. The summed E-state index contributed by atoms with van der Waals surface area (Å²) in [5.41, 5.74) is 0. The predicted octanol–water partition coefficient (Wildman–Crippen LogP) is 2.93. The van der Waals surface area contributed by atoms with Crippen molar-refractivity contribution in [3.8, 4) is 0 Å². The van der Waals surface area contributed by atoms with Gasteiger partial charge in [0.1, 0.15) is 12.4 Å². The van der Waals surface area contributed by atoms with Crippen LogP contribution < -0.4 is 0 Å². The lowest BCUT2D eigenvalue weighted by Crippen LogP contribution is -2.12. The highest BCUT2D eigenvalue weighted by atomic mass is 16.3. The SMILES string of the molecule is OCc1nnc(C2CCCCCCC2)n1C1CC1. The molecule has 0 aliphatic heterocycles. The van der Waals surface area contributed by atoms with Crippen molar-refractivity contribution in [2.75, 3.05) is 0 Å². The Morgan fingerprint density at radius 2 is 1.61 bits per heavy atom. The van der Waals surface area contributed by atoms with Crippen molar-refractivity contribution in [1.82, 2.24) is 14.8 Å². The third kappa shape index (κ3) is 2.44. The van der Waals surface area contributed by atoms with Crippen LogP contribution in [0.2, 0.25) is 0 Å². The first-order valence-corrected chi connectivity index (χ1v) is 7.44. The predicted molar refractivity (Wildman–Crippen MR) is 69.3 cm³/mol. The summed E-state index contributed by atoms with van der Waals surface area (Å²) >= 11 is 0. The van der Waals surface area contributed by atoms with E-state index in [9.17, 15) is 5.11 Å². The van der Waals surface area contributed by atoms with Gasteiger partial charge in [0, 0.05) is 12.0 Å². The molecular formula is C14H23N3O. The fourth-order valence-electron chi connectivity index (χ4n) is 3.17. The van der Waals surface area contributed by atoms with Gasteiger partial charge in [0.2, 0.25) is 0 Å². The Balaban J connectivity index is 1.82. The Morgan fingerprint density at radius 3 is 2.22 bits per heavy atom. The topological polar surface area (TPSA) is 50.9 Å². The molecule has 0 atom stereocenters. The third-order valence-electron chi connectivity index (χ3n) is 4.32. The van der Waals surface area contributed by atoms with E-state index in [1.807, 2.05) is 0 Å². The number of aliphatic hydroxyl groups is 1. The molecule has 2 saturated carbocycles. The van der Waals surface area contributed by atoms with E-state index in [1.54, 1.807) is 0 Å².